The molecule has 30 heavy (non-hydrogen) atoms. The van der Waals surface area contributed by atoms with Crippen molar-refractivity contribution >= 4 is 11.9 Å². The molecule has 1 unspecified atom stereocenters. The number of alkyl halides is 3. The maximum absolute atomic E-state index is 13.7. The van der Waals surface area contributed by atoms with Crippen molar-refractivity contribution in [2.75, 3.05) is 13.2 Å². The molecule has 1 aromatic rings. The lowest BCUT2D eigenvalue weighted by Crippen LogP contribution is -2.31. The van der Waals surface area contributed by atoms with Crippen LogP contribution in [0.1, 0.15) is 56.6 Å². The number of cyclic esters (lactones) is 1. The van der Waals surface area contributed by atoms with Gasteiger partial charge in [0.15, 0.2) is 0 Å². The Balaban J connectivity index is 2.00. The number of rotatable bonds is 7. The molecule has 0 saturated heterocycles. The smallest absolute Gasteiger partial charge is 0.416 e. The van der Waals surface area contributed by atoms with E-state index in [0.29, 0.717) is 17.8 Å². The molecule has 0 spiro atoms. The van der Waals surface area contributed by atoms with Crippen LogP contribution in [0.4, 0.5) is 13.2 Å². The second-order valence-electron chi connectivity index (χ2n) is 7.35. The first-order valence-electron chi connectivity index (χ1n) is 9.96. The number of nitrogens with one attached hydrogen (secondary N) is 1. The summed E-state index contributed by atoms with van der Waals surface area (Å²) in [6.45, 7) is 3.74. The minimum Gasteiger partial charge on any atom is -0.462 e. The van der Waals surface area contributed by atoms with E-state index < -0.39 is 29.6 Å². The molecule has 2 heterocycles. The molecule has 0 aromatic heterocycles. The topological polar surface area (TPSA) is 64.6 Å². The first-order chi connectivity index (χ1) is 14.3. The number of unbranched alkanes of at least 4 members (excludes halogenated alkanes) is 3. The molecule has 0 radical (unpaired) electrons. The van der Waals surface area contributed by atoms with Crippen molar-refractivity contribution in [2.45, 2.75) is 51.6 Å². The molecule has 3 rings (SSSR count). The number of carbonyl (C=O) groups excluding carboxylic acids is 2. The van der Waals surface area contributed by atoms with E-state index in [4.69, 9.17) is 9.47 Å². The molecule has 0 bridgehead atoms. The van der Waals surface area contributed by atoms with Crippen LogP contribution in [-0.4, -0.2) is 25.2 Å². The van der Waals surface area contributed by atoms with E-state index in [2.05, 4.69) is 12.2 Å². The van der Waals surface area contributed by atoms with Crippen molar-refractivity contribution in [3.05, 3.63) is 57.9 Å². The molecular weight excluding hydrogens is 399 g/mol. The van der Waals surface area contributed by atoms with Gasteiger partial charge in [-0.25, -0.2) is 9.59 Å². The van der Waals surface area contributed by atoms with Crippen LogP contribution in [0, 0.1) is 0 Å². The monoisotopic (exact) mass is 423 g/mol. The van der Waals surface area contributed by atoms with Crippen LogP contribution in [0.15, 0.2) is 46.8 Å². The van der Waals surface area contributed by atoms with Crippen LogP contribution in [0.25, 0.3) is 0 Å². The fourth-order valence-corrected chi connectivity index (χ4v) is 3.83. The van der Waals surface area contributed by atoms with Crippen LogP contribution in [-0.2, 0) is 25.2 Å². The lowest BCUT2D eigenvalue weighted by atomic mass is 9.79. The maximum Gasteiger partial charge on any atom is 0.416 e. The molecule has 0 amide bonds. The average Bonchev–Trinajstić information content (AvgIpc) is 3.06. The summed E-state index contributed by atoms with van der Waals surface area (Å²) in [5.74, 6) is -2.68. The quantitative estimate of drug-likeness (QED) is 0.513. The van der Waals surface area contributed by atoms with E-state index in [1.54, 1.807) is 6.92 Å². The van der Waals surface area contributed by atoms with Gasteiger partial charge < -0.3 is 14.8 Å². The Bertz CT molecular complexity index is 902. The third-order valence-electron chi connectivity index (χ3n) is 5.24. The Morgan fingerprint density at radius 2 is 1.97 bits per heavy atom. The summed E-state index contributed by atoms with van der Waals surface area (Å²) in [6.07, 6.45) is -1.06. The number of allylic oxidation sites excluding steroid dienone is 1. The van der Waals surface area contributed by atoms with E-state index in [1.807, 2.05) is 0 Å². The second kappa shape index (κ2) is 8.93. The Morgan fingerprint density at radius 3 is 2.67 bits per heavy atom. The third-order valence-corrected chi connectivity index (χ3v) is 5.24. The summed E-state index contributed by atoms with van der Waals surface area (Å²) in [5.41, 5.74) is -0.318. The lowest BCUT2D eigenvalue weighted by Gasteiger charge is -2.29. The van der Waals surface area contributed by atoms with Crippen LogP contribution in [0.5, 0.6) is 0 Å². The van der Waals surface area contributed by atoms with E-state index >= 15 is 0 Å². The van der Waals surface area contributed by atoms with Gasteiger partial charge in [0.1, 0.15) is 6.61 Å². The number of hydrogen-bond donors (Lipinski definition) is 1. The van der Waals surface area contributed by atoms with Crippen molar-refractivity contribution < 1.29 is 32.2 Å². The Labute approximate surface area is 172 Å². The minimum atomic E-state index is -4.65. The van der Waals surface area contributed by atoms with E-state index in [-0.39, 0.29) is 29.9 Å². The van der Waals surface area contributed by atoms with Gasteiger partial charge in [-0.2, -0.15) is 13.2 Å². The predicted octanol–water partition coefficient (Wildman–Crippen LogP) is 4.60. The van der Waals surface area contributed by atoms with E-state index in [9.17, 15) is 22.8 Å². The molecule has 0 fully saturated rings. The SMILES string of the molecule is CCCCCCOC(=O)C1=C(C)NC2=C(C(=O)OC2)C1c1ccccc1C(F)(F)F. The first kappa shape index (κ1) is 21.9. The minimum absolute atomic E-state index is 0.000193. The number of esters is 2. The van der Waals surface area contributed by atoms with Gasteiger partial charge in [-0.15, -0.1) is 0 Å². The van der Waals surface area contributed by atoms with Crippen molar-refractivity contribution in [2.24, 2.45) is 0 Å². The zero-order valence-electron chi connectivity index (χ0n) is 16.9. The van der Waals surface area contributed by atoms with E-state index in [1.165, 1.54) is 18.2 Å². The second-order valence-corrected chi connectivity index (χ2v) is 7.35. The molecule has 1 aromatic carbocycles. The molecule has 8 heteroatoms. The van der Waals surface area contributed by atoms with Crippen molar-refractivity contribution in [3.63, 3.8) is 0 Å². The molecule has 0 saturated carbocycles. The fraction of sp³-hybridized carbons (Fsp3) is 0.455. The van der Waals surface area contributed by atoms with Gasteiger partial charge in [-0.1, -0.05) is 44.4 Å². The third kappa shape index (κ3) is 4.37. The Kier molecular flexibility index (Phi) is 6.53. The standard InChI is InChI=1S/C22H24F3NO4/c1-3-4-5-8-11-29-20(27)17-13(2)26-16-12-30-21(28)19(16)18(17)14-9-6-7-10-15(14)22(23,24)25/h6-7,9-10,18,26H,3-5,8,11-12H2,1-2H3. The van der Waals surface area contributed by atoms with E-state index in [0.717, 1.165) is 25.3 Å². The predicted molar refractivity (Wildman–Crippen MR) is 103 cm³/mol. The molecular formula is C22H24F3NO4. The van der Waals surface area contributed by atoms with Gasteiger partial charge >= 0.3 is 18.1 Å². The van der Waals surface area contributed by atoms with Crippen LogP contribution in [0.2, 0.25) is 0 Å². The first-order valence-corrected chi connectivity index (χ1v) is 9.96. The van der Waals surface area contributed by atoms with Gasteiger partial charge in [0.25, 0.3) is 0 Å². The molecule has 1 N–H and O–H groups in total. The highest BCUT2D eigenvalue weighted by Crippen LogP contribution is 2.45. The normalized spacial score (nSPS) is 18.8. The Morgan fingerprint density at radius 1 is 1.23 bits per heavy atom. The number of halogens is 3. The van der Waals surface area contributed by atoms with Crippen molar-refractivity contribution in [3.8, 4) is 0 Å². The average molecular weight is 423 g/mol. The molecule has 2 aliphatic rings. The van der Waals surface area contributed by atoms with Crippen LogP contribution < -0.4 is 5.32 Å². The molecule has 162 valence electrons. The molecule has 5 nitrogen and oxygen atoms in total. The molecule has 0 aliphatic carbocycles. The van der Waals surface area contributed by atoms with Gasteiger partial charge in [-0.05, 0) is 25.0 Å². The molecule has 1 atom stereocenters. The molecule has 2 aliphatic heterocycles. The van der Waals surface area contributed by atoms with Gasteiger partial charge in [-0.3, -0.25) is 0 Å². The zero-order valence-corrected chi connectivity index (χ0v) is 16.9. The fourth-order valence-electron chi connectivity index (χ4n) is 3.83. The largest absolute Gasteiger partial charge is 0.462 e. The number of benzene rings is 1. The van der Waals surface area contributed by atoms with Gasteiger partial charge in [0, 0.05) is 5.70 Å². The summed E-state index contributed by atoms with van der Waals surface area (Å²) >= 11 is 0. The number of carbonyl (C=O) groups is 2. The van der Waals surface area contributed by atoms with Gasteiger partial charge in [0.2, 0.25) is 0 Å². The lowest BCUT2D eigenvalue weighted by molar-refractivity contribution is -0.141. The summed E-state index contributed by atoms with van der Waals surface area (Å²) in [4.78, 5) is 25.3. The Hall–Kier alpha value is -2.77. The highest BCUT2D eigenvalue weighted by atomic mass is 19.4. The maximum atomic E-state index is 13.7. The summed E-state index contributed by atoms with van der Waals surface area (Å²) in [5, 5.41) is 2.94. The summed E-state index contributed by atoms with van der Waals surface area (Å²) in [6, 6.07) is 4.96. The number of ether oxygens (including phenoxy) is 2. The highest BCUT2D eigenvalue weighted by molar-refractivity contribution is 6.01. The van der Waals surface area contributed by atoms with Gasteiger partial charge in [0.05, 0.1) is 34.9 Å². The number of dihydropyridines is 1. The number of hydrogen-bond acceptors (Lipinski definition) is 5. The summed E-state index contributed by atoms with van der Waals surface area (Å²) in [7, 11) is 0. The zero-order chi connectivity index (χ0) is 21.9. The van der Waals surface area contributed by atoms with Crippen LogP contribution >= 0.6 is 0 Å². The van der Waals surface area contributed by atoms with Crippen molar-refractivity contribution in [1.29, 1.82) is 0 Å². The summed E-state index contributed by atoms with van der Waals surface area (Å²) < 4.78 is 51.5. The van der Waals surface area contributed by atoms with Crippen LogP contribution in [0.3, 0.4) is 0 Å². The highest BCUT2D eigenvalue weighted by Gasteiger charge is 2.45. The van der Waals surface area contributed by atoms with Crippen molar-refractivity contribution in [1.82, 2.24) is 5.32 Å².